The predicted molar refractivity (Wildman–Crippen MR) is 121 cm³/mol. The van der Waals surface area contributed by atoms with Crippen LogP contribution in [0.25, 0.3) is 0 Å². The highest BCUT2D eigenvalue weighted by Gasteiger charge is 2.15. The van der Waals surface area contributed by atoms with E-state index >= 15 is 0 Å². The predicted octanol–water partition coefficient (Wildman–Crippen LogP) is 3.49. The Morgan fingerprint density at radius 3 is 2.87 bits per heavy atom. The van der Waals surface area contributed by atoms with Gasteiger partial charge in [0.25, 0.3) is 0 Å². The zero-order valence-electron chi connectivity index (χ0n) is 16.9. The summed E-state index contributed by atoms with van der Waals surface area (Å²) in [7, 11) is 0. The topological polar surface area (TPSA) is 102 Å². The summed E-state index contributed by atoms with van der Waals surface area (Å²) in [6, 6.07) is 6.41. The van der Waals surface area contributed by atoms with Crippen LogP contribution in [0.1, 0.15) is 12.0 Å². The van der Waals surface area contributed by atoms with Gasteiger partial charge in [-0.3, -0.25) is 4.79 Å². The average Bonchev–Trinajstić information content (AvgIpc) is 2.73. The first-order valence-electron chi connectivity index (χ1n) is 9.24. The first kappa shape index (κ1) is 22.4. The first-order chi connectivity index (χ1) is 14.5. The van der Waals surface area contributed by atoms with Crippen molar-refractivity contribution in [3.63, 3.8) is 0 Å². The van der Waals surface area contributed by atoms with Crippen LogP contribution in [0, 0.1) is 19.3 Å². The maximum Gasteiger partial charge on any atom is 0.241 e. The quantitative estimate of drug-likeness (QED) is 0.415. The number of hydrogen-bond acceptors (Lipinski definition) is 6. The minimum atomic E-state index is -0.720. The molecule has 0 aliphatic rings. The number of nitrogens with one attached hydrogen (secondary N) is 2. The zero-order valence-corrected chi connectivity index (χ0v) is 16.9. The van der Waals surface area contributed by atoms with E-state index in [1.54, 1.807) is 42.6 Å². The number of hydrogen-bond donors (Lipinski definition) is 3. The van der Waals surface area contributed by atoms with Gasteiger partial charge in [-0.2, -0.15) is 4.98 Å². The maximum absolute atomic E-state index is 12.4. The zero-order chi connectivity index (χ0) is 21.9. The standard InChI is InChI=1S/C23H25N5O2/c1-5-9-17(7-3)13-20(24)21(29)26-18-10-8-11-19(14-18)27-23-25-15-16(4)22(28-23)30-12-6-2/h2,5,7-11,14-15,20H,1,3,12-13,24H2,4H3,(H,26,29)(H,25,27,28)/b17-9+. The smallest absolute Gasteiger partial charge is 0.241 e. The van der Waals surface area contributed by atoms with Crippen molar-refractivity contribution in [3.05, 3.63) is 73.0 Å². The van der Waals surface area contributed by atoms with E-state index in [-0.39, 0.29) is 12.5 Å². The number of carbonyl (C=O) groups excluding carboxylic acids is 1. The lowest BCUT2D eigenvalue weighted by Crippen LogP contribution is -2.35. The summed E-state index contributed by atoms with van der Waals surface area (Å²) < 4.78 is 5.41. The molecule has 7 nitrogen and oxygen atoms in total. The number of anilines is 3. The third-order valence-electron chi connectivity index (χ3n) is 3.99. The number of terminal acetylenes is 1. The van der Waals surface area contributed by atoms with Gasteiger partial charge in [-0.25, -0.2) is 4.98 Å². The molecule has 1 atom stereocenters. The number of allylic oxidation sites excluding steroid dienone is 3. The van der Waals surface area contributed by atoms with Crippen LogP contribution < -0.4 is 21.1 Å². The second-order valence-electron chi connectivity index (χ2n) is 6.36. The van der Waals surface area contributed by atoms with Gasteiger partial charge >= 0.3 is 0 Å². The molecule has 30 heavy (non-hydrogen) atoms. The number of aromatic nitrogens is 2. The molecule has 2 aromatic rings. The van der Waals surface area contributed by atoms with Crippen LogP contribution >= 0.6 is 0 Å². The Morgan fingerprint density at radius 1 is 1.40 bits per heavy atom. The highest BCUT2D eigenvalue weighted by molar-refractivity contribution is 5.95. The van der Waals surface area contributed by atoms with E-state index in [9.17, 15) is 4.79 Å². The van der Waals surface area contributed by atoms with Crippen LogP contribution in [0.15, 0.2) is 67.4 Å². The molecule has 1 heterocycles. The van der Waals surface area contributed by atoms with E-state index < -0.39 is 6.04 Å². The average molecular weight is 403 g/mol. The normalized spacial score (nSPS) is 11.7. The summed E-state index contributed by atoms with van der Waals surface area (Å²) >= 11 is 0. The van der Waals surface area contributed by atoms with E-state index in [0.717, 1.165) is 11.1 Å². The van der Waals surface area contributed by atoms with Crippen molar-refractivity contribution in [1.82, 2.24) is 9.97 Å². The molecule has 1 aromatic carbocycles. The minimum absolute atomic E-state index is 0.120. The summed E-state index contributed by atoms with van der Waals surface area (Å²) in [5.74, 6) is 2.85. The van der Waals surface area contributed by atoms with Crippen molar-refractivity contribution in [2.75, 3.05) is 17.2 Å². The number of carbonyl (C=O) groups is 1. The molecule has 0 aliphatic carbocycles. The highest BCUT2D eigenvalue weighted by atomic mass is 16.5. The summed E-state index contributed by atoms with van der Waals surface area (Å²) in [6.07, 6.45) is 12.3. The number of amides is 1. The maximum atomic E-state index is 12.4. The Kier molecular flexibility index (Phi) is 8.36. The molecule has 4 N–H and O–H groups in total. The van der Waals surface area contributed by atoms with E-state index in [1.165, 1.54) is 0 Å². The summed E-state index contributed by atoms with van der Waals surface area (Å²) in [6.45, 7) is 9.30. The number of ether oxygens (including phenoxy) is 1. The van der Waals surface area contributed by atoms with Gasteiger partial charge in [-0.15, -0.1) is 6.42 Å². The Morgan fingerprint density at radius 2 is 2.17 bits per heavy atom. The van der Waals surface area contributed by atoms with Gasteiger partial charge in [0.1, 0.15) is 0 Å². The summed E-state index contributed by atoms with van der Waals surface area (Å²) in [4.78, 5) is 21.0. The largest absolute Gasteiger partial charge is 0.464 e. The van der Waals surface area contributed by atoms with Crippen molar-refractivity contribution in [3.8, 4) is 18.2 Å². The summed E-state index contributed by atoms with van der Waals surface area (Å²) in [5.41, 5.74) is 8.89. The Balaban J connectivity index is 2.07. The van der Waals surface area contributed by atoms with E-state index in [1.807, 2.05) is 13.0 Å². The van der Waals surface area contributed by atoms with Crippen LogP contribution in [-0.2, 0) is 4.79 Å². The Labute approximate surface area is 176 Å². The van der Waals surface area contributed by atoms with E-state index in [0.29, 0.717) is 29.6 Å². The molecule has 0 radical (unpaired) electrons. The first-order valence-corrected chi connectivity index (χ1v) is 9.24. The number of rotatable bonds is 10. The van der Waals surface area contributed by atoms with Crippen LogP contribution in [0.3, 0.4) is 0 Å². The molecule has 0 saturated carbocycles. The van der Waals surface area contributed by atoms with Gasteiger partial charge in [0.05, 0.1) is 6.04 Å². The molecule has 1 unspecified atom stereocenters. The fourth-order valence-corrected chi connectivity index (χ4v) is 2.50. The van der Waals surface area contributed by atoms with Crippen molar-refractivity contribution in [2.45, 2.75) is 19.4 Å². The Bertz CT molecular complexity index is 991. The van der Waals surface area contributed by atoms with Crippen LogP contribution in [0.5, 0.6) is 5.88 Å². The van der Waals surface area contributed by atoms with Crippen molar-refractivity contribution >= 4 is 23.2 Å². The lowest BCUT2D eigenvalue weighted by molar-refractivity contribution is -0.117. The molecule has 7 heteroatoms. The van der Waals surface area contributed by atoms with Crippen LogP contribution in [0.4, 0.5) is 17.3 Å². The molecule has 0 saturated heterocycles. The molecule has 0 fully saturated rings. The number of nitrogens with zero attached hydrogens (tertiary/aromatic N) is 2. The lowest BCUT2D eigenvalue weighted by atomic mass is 10.1. The third-order valence-corrected chi connectivity index (χ3v) is 3.99. The molecule has 2 rings (SSSR count). The fraction of sp³-hybridized carbons (Fsp3) is 0.174. The lowest BCUT2D eigenvalue weighted by Gasteiger charge is -2.14. The highest BCUT2D eigenvalue weighted by Crippen LogP contribution is 2.21. The fourth-order valence-electron chi connectivity index (χ4n) is 2.50. The number of aryl methyl sites for hydroxylation is 1. The third kappa shape index (κ3) is 6.62. The van der Waals surface area contributed by atoms with Gasteiger partial charge in [0, 0.05) is 23.1 Å². The van der Waals surface area contributed by atoms with E-state index in [2.05, 4.69) is 39.7 Å². The van der Waals surface area contributed by atoms with Crippen molar-refractivity contribution in [2.24, 2.45) is 5.73 Å². The van der Waals surface area contributed by atoms with Gasteiger partial charge in [-0.05, 0) is 37.1 Å². The second-order valence-corrected chi connectivity index (χ2v) is 6.36. The van der Waals surface area contributed by atoms with Gasteiger partial charge in [0.15, 0.2) is 6.61 Å². The Hall–Kier alpha value is -3.89. The monoisotopic (exact) mass is 403 g/mol. The molecule has 1 aromatic heterocycles. The molecule has 0 aliphatic heterocycles. The molecule has 0 bridgehead atoms. The number of nitrogens with two attached hydrogens (primary N) is 1. The molecular weight excluding hydrogens is 378 g/mol. The van der Waals surface area contributed by atoms with Gasteiger partial charge in [-0.1, -0.05) is 43.4 Å². The van der Waals surface area contributed by atoms with Crippen LogP contribution in [-0.4, -0.2) is 28.5 Å². The van der Waals surface area contributed by atoms with Crippen molar-refractivity contribution in [1.29, 1.82) is 0 Å². The minimum Gasteiger partial charge on any atom is -0.464 e. The number of benzene rings is 1. The summed E-state index contributed by atoms with van der Waals surface area (Å²) in [5, 5.41) is 5.89. The van der Waals surface area contributed by atoms with Crippen molar-refractivity contribution < 1.29 is 9.53 Å². The molecule has 1 amide bonds. The molecule has 0 spiro atoms. The van der Waals surface area contributed by atoms with Crippen LogP contribution in [0.2, 0.25) is 0 Å². The molecule has 154 valence electrons. The molecular formula is C23H25N5O2. The van der Waals surface area contributed by atoms with Gasteiger partial charge in [0.2, 0.25) is 17.7 Å². The van der Waals surface area contributed by atoms with E-state index in [4.69, 9.17) is 16.9 Å². The van der Waals surface area contributed by atoms with Gasteiger partial charge < -0.3 is 21.1 Å². The SMILES string of the molecule is C#CCOc1nc(Nc2cccc(NC(=O)C(N)C/C(C=C)=C/C=C)c2)ncc1C. The second kappa shape index (κ2) is 11.2.